The Morgan fingerprint density at radius 1 is 1.33 bits per heavy atom. The Balaban J connectivity index is 1.66. The van der Waals surface area contributed by atoms with Crippen molar-refractivity contribution in [1.82, 2.24) is 15.1 Å². The van der Waals surface area contributed by atoms with Crippen molar-refractivity contribution in [3.8, 4) is 11.5 Å². The molecule has 0 aliphatic carbocycles. The maximum atomic E-state index is 11.3. The van der Waals surface area contributed by atoms with Crippen LogP contribution in [-0.4, -0.2) is 34.1 Å². The predicted octanol–water partition coefficient (Wildman–Crippen LogP) is 1.43. The van der Waals surface area contributed by atoms with Gasteiger partial charge in [-0.15, -0.1) is 10.2 Å². The van der Waals surface area contributed by atoms with E-state index in [9.17, 15) is 4.79 Å². The molecule has 6 heteroatoms. The summed E-state index contributed by atoms with van der Waals surface area (Å²) in [5.74, 6) is 0.790. The SMILES string of the molecule is NC(=O)[C@H]1CCCN(Cc2nnc(-c3ccccc3)o2)C1. The maximum absolute atomic E-state index is 11.3. The third kappa shape index (κ3) is 3.28. The van der Waals surface area contributed by atoms with Crippen LogP contribution in [0.5, 0.6) is 0 Å². The molecular weight excluding hydrogens is 268 g/mol. The Kier molecular flexibility index (Phi) is 3.96. The summed E-state index contributed by atoms with van der Waals surface area (Å²) in [5.41, 5.74) is 6.29. The van der Waals surface area contributed by atoms with Crippen LogP contribution in [0.4, 0.5) is 0 Å². The van der Waals surface area contributed by atoms with Crippen molar-refractivity contribution in [1.29, 1.82) is 0 Å². The van der Waals surface area contributed by atoms with E-state index in [1.54, 1.807) is 0 Å². The lowest BCUT2D eigenvalue weighted by atomic mass is 9.97. The largest absolute Gasteiger partial charge is 0.419 e. The van der Waals surface area contributed by atoms with Gasteiger partial charge in [0, 0.05) is 12.1 Å². The number of amides is 1. The van der Waals surface area contributed by atoms with Gasteiger partial charge in [0.2, 0.25) is 17.7 Å². The second-order valence-electron chi connectivity index (χ2n) is 5.34. The molecule has 0 saturated carbocycles. The van der Waals surface area contributed by atoms with Gasteiger partial charge in [0.25, 0.3) is 0 Å². The van der Waals surface area contributed by atoms with Crippen molar-refractivity contribution >= 4 is 5.91 Å². The molecule has 1 aliphatic heterocycles. The van der Waals surface area contributed by atoms with E-state index in [0.717, 1.165) is 24.9 Å². The fourth-order valence-corrected chi connectivity index (χ4v) is 2.64. The minimum absolute atomic E-state index is 0.0738. The molecule has 6 nitrogen and oxygen atoms in total. The van der Waals surface area contributed by atoms with Crippen LogP contribution in [0.1, 0.15) is 18.7 Å². The zero-order valence-electron chi connectivity index (χ0n) is 11.7. The number of nitrogens with zero attached hydrogens (tertiary/aromatic N) is 3. The van der Waals surface area contributed by atoms with Crippen molar-refractivity contribution in [3.63, 3.8) is 0 Å². The topological polar surface area (TPSA) is 85.3 Å². The van der Waals surface area contributed by atoms with Crippen LogP contribution < -0.4 is 5.73 Å². The van der Waals surface area contributed by atoms with Crippen LogP contribution in [-0.2, 0) is 11.3 Å². The summed E-state index contributed by atoms with van der Waals surface area (Å²) in [5, 5.41) is 8.15. The van der Waals surface area contributed by atoms with Crippen molar-refractivity contribution in [3.05, 3.63) is 36.2 Å². The third-order valence-corrected chi connectivity index (χ3v) is 3.75. The number of carbonyl (C=O) groups excluding carboxylic acids is 1. The summed E-state index contributed by atoms with van der Waals surface area (Å²) in [4.78, 5) is 13.4. The van der Waals surface area contributed by atoms with Crippen molar-refractivity contribution in [2.45, 2.75) is 19.4 Å². The highest BCUT2D eigenvalue weighted by atomic mass is 16.4. The Labute approximate surface area is 123 Å². The molecule has 0 bridgehead atoms. The number of aromatic nitrogens is 2. The molecule has 0 unspecified atom stereocenters. The summed E-state index contributed by atoms with van der Waals surface area (Å²) in [6, 6.07) is 9.67. The van der Waals surface area contributed by atoms with E-state index in [1.807, 2.05) is 30.3 Å². The highest BCUT2D eigenvalue weighted by molar-refractivity contribution is 5.76. The molecule has 1 amide bonds. The number of rotatable bonds is 4. The van der Waals surface area contributed by atoms with E-state index in [1.165, 1.54) is 0 Å². The van der Waals surface area contributed by atoms with Gasteiger partial charge in [0.15, 0.2) is 0 Å². The number of nitrogens with two attached hydrogens (primary N) is 1. The third-order valence-electron chi connectivity index (χ3n) is 3.75. The molecule has 3 rings (SSSR count). The molecule has 2 N–H and O–H groups in total. The number of hydrogen-bond donors (Lipinski definition) is 1. The summed E-state index contributed by atoms with van der Waals surface area (Å²) < 4.78 is 5.69. The number of benzene rings is 1. The average Bonchev–Trinajstić information content (AvgIpc) is 2.97. The van der Waals surface area contributed by atoms with Crippen molar-refractivity contribution < 1.29 is 9.21 Å². The Morgan fingerprint density at radius 3 is 2.90 bits per heavy atom. The van der Waals surface area contributed by atoms with Gasteiger partial charge in [-0.3, -0.25) is 9.69 Å². The van der Waals surface area contributed by atoms with E-state index in [0.29, 0.717) is 24.9 Å². The number of carbonyl (C=O) groups is 1. The van der Waals surface area contributed by atoms with Gasteiger partial charge in [0.05, 0.1) is 12.5 Å². The first-order chi connectivity index (χ1) is 10.2. The van der Waals surface area contributed by atoms with Crippen molar-refractivity contribution in [2.24, 2.45) is 11.7 Å². The zero-order valence-corrected chi connectivity index (χ0v) is 11.7. The lowest BCUT2D eigenvalue weighted by molar-refractivity contribution is -0.123. The number of likely N-dealkylation sites (tertiary alicyclic amines) is 1. The minimum atomic E-state index is -0.227. The normalized spacial score (nSPS) is 19.5. The second kappa shape index (κ2) is 6.05. The van der Waals surface area contributed by atoms with Crippen LogP contribution in [0.25, 0.3) is 11.5 Å². The standard InChI is InChI=1S/C15H18N4O2/c16-14(20)12-7-4-8-19(9-12)10-13-17-18-15(21-13)11-5-2-1-3-6-11/h1-3,5-6,12H,4,7-10H2,(H2,16,20)/t12-/m0/s1. The van der Waals surface area contributed by atoms with Gasteiger partial charge >= 0.3 is 0 Å². The zero-order chi connectivity index (χ0) is 14.7. The molecule has 2 aromatic rings. The monoisotopic (exact) mass is 286 g/mol. The van der Waals surface area contributed by atoms with Gasteiger partial charge in [-0.05, 0) is 31.5 Å². The van der Waals surface area contributed by atoms with Gasteiger partial charge in [-0.25, -0.2) is 0 Å². The molecule has 1 aromatic heterocycles. The minimum Gasteiger partial charge on any atom is -0.419 e. The number of piperidine rings is 1. The molecule has 1 aliphatic rings. The Morgan fingerprint density at radius 2 is 2.14 bits per heavy atom. The lowest BCUT2D eigenvalue weighted by Crippen LogP contribution is -2.40. The fourth-order valence-electron chi connectivity index (χ4n) is 2.64. The average molecular weight is 286 g/mol. The Bertz CT molecular complexity index is 611. The van der Waals surface area contributed by atoms with Crippen molar-refractivity contribution in [2.75, 3.05) is 13.1 Å². The molecule has 2 heterocycles. The van der Waals surface area contributed by atoms with E-state index < -0.39 is 0 Å². The summed E-state index contributed by atoms with van der Waals surface area (Å²) in [7, 11) is 0. The molecule has 110 valence electrons. The molecule has 1 fully saturated rings. The van der Waals surface area contributed by atoms with E-state index >= 15 is 0 Å². The molecule has 0 spiro atoms. The van der Waals surface area contributed by atoms with Crippen LogP contribution in [0.2, 0.25) is 0 Å². The van der Waals surface area contributed by atoms with Crippen LogP contribution >= 0.6 is 0 Å². The highest BCUT2D eigenvalue weighted by Gasteiger charge is 2.25. The van der Waals surface area contributed by atoms with Crippen LogP contribution in [0.15, 0.2) is 34.7 Å². The van der Waals surface area contributed by atoms with E-state index in [-0.39, 0.29) is 11.8 Å². The first kappa shape index (κ1) is 13.8. The molecule has 21 heavy (non-hydrogen) atoms. The molecule has 1 aromatic carbocycles. The lowest BCUT2D eigenvalue weighted by Gasteiger charge is -2.29. The molecule has 1 atom stereocenters. The predicted molar refractivity (Wildman–Crippen MR) is 76.9 cm³/mol. The smallest absolute Gasteiger partial charge is 0.247 e. The van der Waals surface area contributed by atoms with Crippen LogP contribution in [0, 0.1) is 5.92 Å². The summed E-state index contributed by atoms with van der Waals surface area (Å²) in [6.07, 6.45) is 1.83. The van der Waals surface area contributed by atoms with Crippen LogP contribution in [0.3, 0.4) is 0 Å². The summed E-state index contributed by atoms with van der Waals surface area (Å²) >= 11 is 0. The van der Waals surface area contributed by atoms with Gasteiger partial charge < -0.3 is 10.2 Å². The first-order valence-corrected chi connectivity index (χ1v) is 7.12. The first-order valence-electron chi connectivity index (χ1n) is 7.12. The van der Waals surface area contributed by atoms with E-state index in [2.05, 4.69) is 15.1 Å². The number of primary amides is 1. The van der Waals surface area contributed by atoms with Gasteiger partial charge in [0.1, 0.15) is 0 Å². The highest BCUT2D eigenvalue weighted by Crippen LogP contribution is 2.20. The quantitative estimate of drug-likeness (QED) is 0.919. The van der Waals surface area contributed by atoms with Gasteiger partial charge in [-0.1, -0.05) is 18.2 Å². The van der Waals surface area contributed by atoms with Gasteiger partial charge in [-0.2, -0.15) is 0 Å². The summed E-state index contributed by atoms with van der Waals surface area (Å²) in [6.45, 7) is 2.15. The molecule has 1 saturated heterocycles. The second-order valence-corrected chi connectivity index (χ2v) is 5.34. The Hall–Kier alpha value is -2.21. The fraction of sp³-hybridized carbons (Fsp3) is 0.400. The molecular formula is C15H18N4O2. The molecule has 0 radical (unpaired) electrons. The number of hydrogen-bond acceptors (Lipinski definition) is 5. The van der Waals surface area contributed by atoms with E-state index in [4.69, 9.17) is 10.2 Å². The maximum Gasteiger partial charge on any atom is 0.247 e.